The fourth-order valence-electron chi connectivity index (χ4n) is 5.81. The summed E-state index contributed by atoms with van der Waals surface area (Å²) in [5.41, 5.74) is 1.99. The molecule has 2 N–H and O–H groups in total. The smallest absolute Gasteiger partial charge is 0.335 e. The van der Waals surface area contributed by atoms with Crippen molar-refractivity contribution < 1.29 is 23.8 Å². The summed E-state index contributed by atoms with van der Waals surface area (Å²) in [7, 11) is 2.00. The Morgan fingerprint density at radius 2 is 1.92 bits per heavy atom. The van der Waals surface area contributed by atoms with Crippen LogP contribution in [0.4, 0.5) is 4.39 Å². The lowest BCUT2D eigenvalue weighted by Gasteiger charge is -2.22. The zero-order valence-electron chi connectivity index (χ0n) is 21.8. The first-order valence-electron chi connectivity index (χ1n) is 12.8. The summed E-state index contributed by atoms with van der Waals surface area (Å²) in [4.78, 5) is 26.8. The van der Waals surface area contributed by atoms with E-state index in [2.05, 4.69) is 24.1 Å². The van der Waals surface area contributed by atoms with Gasteiger partial charge in [-0.1, -0.05) is 39.8 Å². The number of likely N-dealkylation sites (N-methyl/N-ethyl adjacent to an activating group) is 1. The van der Waals surface area contributed by atoms with Crippen molar-refractivity contribution >= 4 is 11.9 Å². The number of amides is 1. The van der Waals surface area contributed by atoms with Gasteiger partial charge in [0.1, 0.15) is 17.7 Å². The van der Waals surface area contributed by atoms with E-state index in [1.807, 2.05) is 27.0 Å². The number of nitrogens with one attached hydrogen (secondary N) is 1. The Labute approximate surface area is 212 Å². The third kappa shape index (κ3) is 5.56. The molecule has 1 aliphatic heterocycles. The molecule has 2 aliphatic rings. The Morgan fingerprint density at radius 1 is 1.17 bits per heavy atom. The van der Waals surface area contributed by atoms with Crippen LogP contribution in [0.25, 0.3) is 11.1 Å². The quantitative estimate of drug-likeness (QED) is 0.532. The van der Waals surface area contributed by atoms with Crippen molar-refractivity contribution in [3.63, 3.8) is 0 Å². The van der Waals surface area contributed by atoms with Crippen LogP contribution in [0.5, 0.6) is 5.75 Å². The highest BCUT2D eigenvalue weighted by atomic mass is 19.1. The predicted octanol–water partition coefficient (Wildman–Crippen LogP) is 5.46. The van der Waals surface area contributed by atoms with Crippen molar-refractivity contribution in [3.8, 4) is 16.9 Å². The van der Waals surface area contributed by atoms with Gasteiger partial charge in [-0.15, -0.1) is 0 Å². The van der Waals surface area contributed by atoms with Gasteiger partial charge in [-0.05, 0) is 73.0 Å². The molecule has 2 aromatic carbocycles. The molecule has 4 rings (SSSR count). The number of carboxylic acid groups (broad SMARTS) is 1. The van der Waals surface area contributed by atoms with E-state index in [4.69, 9.17) is 4.74 Å². The maximum Gasteiger partial charge on any atom is 0.335 e. The molecule has 2 fully saturated rings. The molecule has 0 unspecified atom stereocenters. The number of carbonyl (C=O) groups excluding carboxylic acids is 1. The van der Waals surface area contributed by atoms with Gasteiger partial charge in [0.25, 0.3) is 0 Å². The predicted molar refractivity (Wildman–Crippen MR) is 138 cm³/mol. The Balaban J connectivity index is 1.52. The van der Waals surface area contributed by atoms with E-state index in [0.29, 0.717) is 28.9 Å². The van der Waals surface area contributed by atoms with Gasteiger partial charge in [-0.25, -0.2) is 9.18 Å². The second kappa shape index (κ2) is 10.2. The van der Waals surface area contributed by atoms with Crippen LogP contribution in [0.15, 0.2) is 36.4 Å². The first-order chi connectivity index (χ1) is 16.9. The number of carboxylic acids is 1. The molecular weight excluding hydrogens is 459 g/mol. The van der Waals surface area contributed by atoms with Crippen LogP contribution in [0.2, 0.25) is 0 Å². The molecule has 1 amide bonds. The summed E-state index contributed by atoms with van der Waals surface area (Å²) in [6.45, 7) is 9.10. The van der Waals surface area contributed by atoms with Gasteiger partial charge in [-0.3, -0.25) is 9.69 Å². The highest BCUT2D eigenvalue weighted by Gasteiger charge is 2.40. The van der Waals surface area contributed by atoms with Crippen LogP contribution < -0.4 is 10.1 Å². The Hall–Kier alpha value is -2.93. The number of nitrogens with zero attached hydrogens (tertiary/aromatic N) is 1. The fourth-order valence-corrected chi connectivity index (χ4v) is 5.81. The van der Waals surface area contributed by atoms with E-state index in [1.54, 1.807) is 18.2 Å². The number of carbonyl (C=O) groups is 2. The number of hydrogen-bond acceptors (Lipinski definition) is 4. The van der Waals surface area contributed by atoms with Gasteiger partial charge in [0.2, 0.25) is 5.91 Å². The summed E-state index contributed by atoms with van der Waals surface area (Å²) in [5, 5.41) is 12.8. The minimum Gasteiger partial charge on any atom is -0.490 e. The molecule has 194 valence electrons. The van der Waals surface area contributed by atoms with E-state index in [9.17, 15) is 19.1 Å². The second-order valence-electron chi connectivity index (χ2n) is 11.4. The number of hydrogen-bond donors (Lipinski definition) is 2. The van der Waals surface area contributed by atoms with Crippen molar-refractivity contribution in [2.45, 2.75) is 77.5 Å². The summed E-state index contributed by atoms with van der Waals surface area (Å²) < 4.78 is 21.1. The standard InChI is InChI=1S/C29H37FN2O4/c1-17(2)26-21(7-6-8-23(26)30)22-13-18(28(34)35)9-12-25(22)36-20-11-10-19(14-20)31-27(33)24-15-29(3,4)16-32(24)5/h6-9,12-13,17,19-20,24H,10-11,14-16H2,1-5H3,(H,31,33)(H,34,35)/t19-,20-,24+/m1/s1. The van der Waals surface area contributed by atoms with Crippen LogP contribution in [0.1, 0.15) is 75.2 Å². The Bertz CT molecular complexity index is 1150. The molecule has 1 saturated carbocycles. The van der Waals surface area contributed by atoms with Crippen molar-refractivity contribution in [1.82, 2.24) is 10.2 Å². The first kappa shape index (κ1) is 26.1. The molecule has 1 saturated heterocycles. The summed E-state index contributed by atoms with van der Waals surface area (Å²) >= 11 is 0. The maximum absolute atomic E-state index is 14.8. The molecule has 0 aromatic heterocycles. The molecule has 2 aromatic rings. The fraction of sp³-hybridized carbons (Fsp3) is 0.517. The molecule has 0 radical (unpaired) electrons. The van der Waals surface area contributed by atoms with Crippen LogP contribution in [0.3, 0.4) is 0 Å². The first-order valence-corrected chi connectivity index (χ1v) is 12.8. The van der Waals surface area contributed by atoms with Gasteiger partial charge in [-0.2, -0.15) is 0 Å². The zero-order valence-corrected chi connectivity index (χ0v) is 21.8. The van der Waals surface area contributed by atoms with E-state index < -0.39 is 5.97 Å². The molecule has 1 aliphatic carbocycles. The molecule has 0 spiro atoms. The van der Waals surface area contributed by atoms with Gasteiger partial charge < -0.3 is 15.2 Å². The third-order valence-electron chi connectivity index (χ3n) is 7.43. The van der Waals surface area contributed by atoms with Gasteiger partial charge in [0.05, 0.1) is 11.6 Å². The van der Waals surface area contributed by atoms with Gasteiger partial charge >= 0.3 is 5.97 Å². The lowest BCUT2D eigenvalue weighted by atomic mass is 9.90. The van der Waals surface area contributed by atoms with Crippen LogP contribution in [-0.2, 0) is 4.79 Å². The van der Waals surface area contributed by atoms with Gasteiger partial charge in [0.15, 0.2) is 0 Å². The molecule has 0 bridgehead atoms. The molecule has 3 atom stereocenters. The normalized spacial score (nSPS) is 23.7. The second-order valence-corrected chi connectivity index (χ2v) is 11.4. The van der Waals surface area contributed by atoms with Crippen molar-refractivity contribution in [2.24, 2.45) is 5.41 Å². The lowest BCUT2D eigenvalue weighted by Crippen LogP contribution is -2.45. The monoisotopic (exact) mass is 496 g/mol. The number of rotatable bonds is 7. The molecule has 1 heterocycles. The van der Waals surface area contributed by atoms with Crippen molar-refractivity contribution in [2.75, 3.05) is 13.6 Å². The topological polar surface area (TPSA) is 78.9 Å². The zero-order chi connectivity index (χ0) is 26.2. The van der Waals surface area contributed by atoms with Crippen LogP contribution in [0, 0.1) is 11.2 Å². The minimum absolute atomic E-state index is 0.0294. The number of likely N-dealkylation sites (tertiary alicyclic amines) is 1. The number of ether oxygens (including phenoxy) is 1. The largest absolute Gasteiger partial charge is 0.490 e. The number of aromatic carboxylic acids is 1. The molecular formula is C29H37FN2O4. The van der Waals surface area contributed by atoms with E-state index in [1.165, 1.54) is 12.1 Å². The molecule has 36 heavy (non-hydrogen) atoms. The molecule has 7 heteroatoms. The van der Waals surface area contributed by atoms with Crippen molar-refractivity contribution in [1.29, 1.82) is 0 Å². The van der Waals surface area contributed by atoms with Gasteiger partial charge in [0, 0.05) is 24.6 Å². The SMILES string of the molecule is CC(C)c1c(F)cccc1-c1cc(C(=O)O)ccc1O[C@@H]1CC[C@@H](NC(=O)[C@@H]2CC(C)(C)CN2C)C1. The summed E-state index contributed by atoms with van der Waals surface area (Å²) in [5.74, 6) is -0.859. The van der Waals surface area contributed by atoms with Crippen LogP contribution >= 0.6 is 0 Å². The number of halogens is 1. The summed E-state index contributed by atoms with van der Waals surface area (Å²) in [6, 6.07) is 9.52. The van der Waals surface area contributed by atoms with E-state index in [-0.39, 0.29) is 46.8 Å². The average molecular weight is 497 g/mol. The van der Waals surface area contributed by atoms with E-state index >= 15 is 0 Å². The Kier molecular flexibility index (Phi) is 7.41. The highest BCUT2D eigenvalue weighted by molar-refractivity contribution is 5.91. The Morgan fingerprint density at radius 3 is 2.56 bits per heavy atom. The third-order valence-corrected chi connectivity index (χ3v) is 7.43. The van der Waals surface area contributed by atoms with Crippen LogP contribution in [-0.4, -0.2) is 53.7 Å². The highest BCUT2D eigenvalue weighted by Crippen LogP contribution is 2.39. The number of benzene rings is 2. The van der Waals surface area contributed by atoms with Crippen molar-refractivity contribution in [3.05, 3.63) is 53.3 Å². The maximum atomic E-state index is 14.8. The summed E-state index contributed by atoms with van der Waals surface area (Å²) in [6.07, 6.45) is 2.98. The molecule has 6 nitrogen and oxygen atoms in total. The average Bonchev–Trinajstić information content (AvgIpc) is 3.35. The van der Waals surface area contributed by atoms with E-state index in [0.717, 1.165) is 25.8 Å². The lowest BCUT2D eigenvalue weighted by molar-refractivity contribution is -0.125. The minimum atomic E-state index is -1.05.